The van der Waals surface area contributed by atoms with Crippen molar-refractivity contribution in [1.29, 1.82) is 0 Å². The summed E-state index contributed by atoms with van der Waals surface area (Å²) < 4.78 is 1.73. The number of benzene rings is 2. The van der Waals surface area contributed by atoms with Crippen molar-refractivity contribution < 1.29 is 9.90 Å². The summed E-state index contributed by atoms with van der Waals surface area (Å²) in [4.78, 5) is 15.7. The molecule has 0 aliphatic rings. The predicted molar refractivity (Wildman–Crippen MR) is 85.6 cm³/mol. The van der Waals surface area contributed by atoms with Gasteiger partial charge in [-0.15, -0.1) is 0 Å². The Morgan fingerprint density at radius 3 is 2.59 bits per heavy atom. The topological polar surface area (TPSA) is 81.1 Å². The number of imidazole rings is 1. The van der Waals surface area contributed by atoms with Gasteiger partial charge in [0.05, 0.1) is 11.2 Å². The van der Waals surface area contributed by atoms with E-state index in [1.807, 2.05) is 30.3 Å². The summed E-state index contributed by atoms with van der Waals surface area (Å²) in [6, 6.07) is 15.5. The summed E-state index contributed by atoms with van der Waals surface area (Å²) in [7, 11) is 0. The van der Waals surface area contributed by atoms with Crippen LogP contribution in [0.2, 0.25) is 0 Å². The fourth-order valence-electron chi connectivity index (χ4n) is 2.62. The minimum absolute atomic E-state index is 0.107. The molecule has 3 N–H and O–H groups in total. The molecule has 0 unspecified atom stereocenters. The molecular weight excluding hydrogens is 278 g/mol. The highest BCUT2D eigenvalue weighted by Gasteiger charge is 2.14. The first-order chi connectivity index (χ1) is 10.6. The third-order valence-corrected chi connectivity index (χ3v) is 3.66. The van der Waals surface area contributed by atoms with Gasteiger partial charge in [-0.25, -0.2) is 4.98 Å². The van der Waals surface area contributed by atoms with E-state index in [0.29, 0.717) is 17.6 Å². The van der Waals surface area contributed by atoms with Crippen LogP contribution in [0.25, 0.3) is 11.0 Å². The number of aliphatic carboxylic acids is 1. The zero-order chi connectivity index (χ0) is 15.5. The van der Waals surface area contributed by atoms with Gasteiger partial charge in [0.15, 0.2) is 0 Å². The molecule has 0 spiro atoms. The summed E-state index contributed by atoms with van der Waals surface area (Å²) in [6.45, 7) is -0.107. The molecule has 3 rings (SSSR count). The minimum atomic E-state index is -0.886. The predicted octanol–water partition coefficient (Wildman–Crippen LogP) is 2.49. The van der Waals surface area contributed by atoms with E-state index in [-0.39, 0.29) is 6.54 Å². The number of carboxylic acids is 1. The van der Waals surface area contributed by atoms with Crippen LogP contribution in [0.15, 0.2) is 48.5 Å². The van der Waals surface area contributed by atoms with E-state index in [0.717, 1.165) is 17.8 Å². The number of nitrogens with two attached hydrogens (primary N) is 1. The molecule has 0 atom stereocenters. The standard InChI is InChI=1S/C17H17N3O2/c18-13-7-4-8-14-17(13)19-15(20(14)11-16(21)22)10-9-12-5-2-1-3-6-12/h1-8H,9-11,18H2,(H,21,22). The van der Waals surface area contributed by atoms with Crippen LogP contribution in [0.4, 0.5) is 5.69 Å². The van der Waals surface area contributed by atoms with Crippen molar-refractivity contribution in [2.45, 2.75) is 19.4 Å². The van der Waals surface area contributed by atoms with E-state index in [2.05, 4.69) is 17.1 Å². The molecule has 0 aliphatic carbocycles. The zero-order valence-corrected chi connectivity index (χ0v) is 12.1. The fourth-order valence-corrected chi connectivity index (χ4v) is 2.62. The maximum absolute atomic E-state index is 11.1. The summed E-state index contributed by atoms with van der Waals surface area (Å²) in [5.41, 5.74) is 9.17. The van der Waals surface area contributed by atoms with Gasteiger partial charge in [-0.05, 0) is 24.1 Å². The summed E-state index contributed by atoms with van der Waals surface area (Å²) in [6.07, 6.45) is 1.48. The van der Waals surface area contributed by atoms with Crippen molar-refractivity contribution in [2.75, 3.05) is 5.73 Å². The van der Waals surface area contributed by atoms with Crippen molar-refractivity contribution in [3.8, 4) is 0 Å². The van der Waals surface area contributed by atoms with E-state index < -0.39 is 5.97 Å². The molecule has 3 aromatic rings. The van der Waals surface area contributed by atoms with Crippen LogP contribution in [0.3, 0.4) is 0 Å². The van der Waals surface area contributed by atoms with Crippen LogP contribution in [0.1, 0.15) is 11.4 Å². The van der Waals surface area contributed by atoms with Gasteiger partial charge < -0.3 is 15.4 Å². The van der Waals surface area contributed by atoms with Gasteiger partial charge in [0.2, 0.25) is 0 Å². The molecule has 0 bridgehead atoms. The SMILES string of the molecule is Nc1cccc2c1nc(CCc1ccccc1)n2CC(=O)O. The van der Waals surface area contributed by atoms with Gasteiger partial charge in [0.1, 0.15) is 17.9 Å². The molecule has 0 saturated heterocycles. The first-order valence-corrected chi connectivity index (χ1v) is 7.14. The number of carbonyl (C=O) groups is 1. The number of hydrogen-bond donors (Lipinski definition) is 2. The number of carboxylic acid groups (broad SMARTS) is 1. The highest BCUT2D eigenvalue weighted by molar-refractivity contribution is 5.88. The van der Waals surface area contributed by atoms with Crippen molar-refractivity contribution in [2.24, 2.45) is 0 Å². The lowest BCUT2D eigenvalue weighted by Crippen LogP contribution is -2.12. The van der Waals surface area contributed by atoms with Gasteiger partial charge >= 0.3 is 5.97 Å². The molecule has 0 aliphatic heterocycles. The van der Waals surface area contributed by atoms with Crippen LogP contribution in [0, 0.1) is 0 Å². The van der Waals surface area contributed by atoms with E-state index in [1.165, 1.54) is 5.56 Å². The zero-order valence-electron chi connectivity index (χ0n) is 12.1. The second-order valence-electron chi connectivity index (χ2n) is 5.21. The average molecular weight is 295 g/mol. The molecule has 1 aromatic heterocycles. The number of rotatable bonds is 5. The number of nitrogen functional groups attached to an aromatic ring is 1. The third-order valence-electron chi connectivity index (χ3n) is 3.66. The second kappa shape index (κ2) is 5.89. The summed E-state index contributed by atoms with van der Waals surface area (Å²) in [5, 5.41) is 9.14. The van der Waals surface area contributed by atoms with Crippen molar-refractivity contribution in [3.63, 3.8) is 0 Å². The maximum atomic E-state index is 11.1. The monoisotopic (exact) mass is 295 g/mol. The quantitative estimate of drug-likeness (QED) is 0.709. The Kier molecular flexibility index (Phi) is 3.78. The number of fused-ring (bicyclic) bond motifs is 1. The second-order valence-corrected chi connectivity index (χ2v) is 5.21. The Morgan fingerprint density at radius 2 is 1.86 bits per heavy atom. The van der Waals surface area contributed by atoms with Gasteiger partial charge in [0, 0.05) is 6.42 Å². The molecule has 2 aromatic carbocycles. The lowest BCUT2D eigenvalue weighted by atomic mass is 10.1. The summed E-state index contributed by atoms with van der Waals surface area (Å²) >= 11 is 0. The average Bonchev–Trinajstić information content (AvgIpc) is 2.85. The van der Waals surface area contributed by atoms with E-state index in [4.69, 9.17) is 10.8 Å². The Hall–Kier alpha value is -2.82. The molecule has 0 saturated carbocycles. The first kappa shape index (κ1) is 14.1. The molecule has 5 nitrogen and oxygen atoms in total. The van der Waals surface area contributed by atoms with E-state index >= 15 is 0 Å². The number of aromatic nitrogens is 2. The minimum Gasteiger partial charge on any atom is -0.480 e. The lowest BCUT2D eigenvalue weighted by Gasteiger charge is -2.06. The van der Waals surface area contributed by atoms with Crippen molar-refractivity contribution in [1.82, 2.24) is 9.55 Å². The van der Waals surface area contributed by atoms with Crippen LogP contribution in [-0.2, 0) is 24.2 Å². The van der Waals surface area contributed by atoms with Gasteiger partial charge in [-0.2, -0.15) is 0 Å². The molecule has 1 heterocycles. The Bertz CT molecular complexity index is 809. The Labute approximate surface area is 128 Å². The highest BCUT2D eigenvalue weighted by atomic mass is 16.4. The Balaban J connectivity index is 1.96. The molecule has 5 heteroatoms. The third kappa shape index (κ3) is 2.79. The van der Waals surface area contributed by atoms with Gasteiger partial charge in [-0.3, -0.25) is 4.79 Å². The van der Waals surface area contributed by atoms with E-state index in [9.17, 15) is 4.79 Å². The first-order valence-electron chi connectivity index (χ1n) is 7.14. The highest BCUT2D eigenvalue weighted by Crippen LogP contribution is 2.22. The molecular formula is C17H17N3O2. The van der Waals surface area contributed by atoms with Crippen LogP contribution in [0.5, 0.6) is 0 Å². The van der Waals surface area contributed by atoms with Crippen LogP contribution < -0.4 is 5.73 Å². The normalized spacial score (nSPS) is 10.9. The number of anilines is 1. The van der Waals surface area contributed by atoms with E-state index in [1.54, 1.807) is 10.6 Å². The van der Waals surface area contributed by atoms with Crippen LogP contribution >= 0.6 is 0 Å². The number of nitrogens with zero attached hydrogens (tertiary/aromatic N) is 2. The molecule has 22 heavy (non-hydrogen) atoms. The van der Waals surface area contributed by atoms with Gasteiger partial charge in [0.25, 0.3) is 0 Å². The fraction of sp³-hybridized carbons (Fsp3) is 0.176. The van der Waals surface area contributed by atoms with Crippen molar-refractivity contribution in [3.05, 3.63) is 59.9 Å². The molecule has 0 radical (unpaired) electrons. The molecule has 112 valence electrons. The molecule has 0 fully saturated rings. The summed E-state index contributed by atoms with van der Waals surface area (Å²) in [5.74, 6) is -0.137. The van der Waals surface area contributed by atoms with Gasteiger partial charge in [-0.1, -0.05) is 36.4 Å². The smallest absolute Gasteiger partial charge is 0.323 e. The molecule has 0 amide bonds. The number of aryl methyl sites for hydroxylation is 2. The van der Waals surface area contributed by atoms with Crippen molar-refractivity contribution >= 4 is 22.7 Å². The number of para-hydroxylation sites is 1. The number of hydrogen-bond acceptors (Lipinski definition) is 3. The maximum Gasteiger partial charge on any atom is 0.323 e. The largest absolute Gasteiger partial charge is 0.480 e. The Morgan fingerprint density at radius 1 is 1.09 bits per heavy atom. The van der Waals surface area contributed by atoms with Crippen LogP contribution in [-0.4, -0.2) is 20.6 Å². The lowest BCUT2D eigenvalue weighted by molar-refractivity contribution is -0.137.